The van der Waals surface area contributed by atoms with Crippen molar-refractivity contribution in [2.24, 2.45) is 0 Å². The van der Waals surface area contributed by atoms with Gasteiger partial charge in [0.1, 0.15) is 5.82 Å². The average Bonchev–Trinajstić information content (AvgIpc) is 3.38. The molecule has 0 amide bonds. The number of aromatic nitrogens is 1. The standard InChI is InChI=1S/C18H18ClFN2O/c1-2-15(22-12-5-6-12)13-7-8-14(19)16(17(13)20)18(23)11-4-3-9-21-10-11/h3-4,7-10,12,15,22H,2,5-6H2,1H3/t15-/m1/s1. The van der Waals surface area contributed by atoms with E-state index in [9.17, 15) is 4.79 Å². The Hall–Kier alpha value is -1.78. The van der Waals surface area contributed by atoms with Gasteiger partial charge in [0.05, 0.1) is 10.6 Å². The Bertz CT molecular complexity index is 716. The zero-order valence-corrected chi connectivity index (χ0v) is 13.6. The first kappa shape index (κ1) is 16.1. The molecular formula is C18H18ClFN2O. The predicted octanol–water partition coefficient (Wildman–Crippen LogP) is 4.31. The molecule has 23 heavy (non-hydrogen) atoms. The first-order chi connectivity index (χ1) is 11.1. The number of carbonyl (C=O) groups excluding carboxylic acids is 1. The van der Waals surface area contributed by atoms with Gasteiger partial charge in [-0.15, -0.1) is 0 Å². The Morgan fingerprint density at radius 1 is 1.43 bits per heavy atom. The number of nitrogens with one attached hydrogen (secondary N) is 1. The van der Waals surface area contributed by atoms with Crippen LogP contribution in [0.5, 0.6) is 0 Å². The van der Waals surface area contributed by atoms with E-state index in [4.69, 9.17) is 11.6 Å². The van der Waals surface area contributed by atoms with Crippen molar-refractivity contribution < 1.29 is 9.18 Å². The molecule has 2 aromatic rings. The van der Waals surface area contributed by atoms with Crippen molar-refractivity contribution in [2.75, 3.05) is 0 Å². The summed E-state index contributed by atoms with van der Waals surface area (Å²) in [5.74, 6) is -0.977. The fourth-order valence-corrected chi connectivity index (χ4v) is 2.88. The number of rotatable bonds is 6. The molecule has 0 aliphatic heterocycles. The Kier molecular flexibility index (Phi) is 4.74. The second-order valence-electron chi connectivity index (χ2n) is 5.80. The molecule has 5 heteroatoms. The highest BCUT2D eigenvalue weighted by atomic mass is 35.5. The Labute approximate surface area is 139 Å². The van der Waals surface area contributed by atoms with Gasteiger partial charge in [-0.25, -0.2) is 4.39 Å². The number of benzene rings is 1. The maximum atomic E-state index is 15.0. The van der Waals surface area contributed by atoms with Gasteiger partial charge in [0.25, 0.3) is 0 Å². The van der Waals surface area contributed by atoms with Crippen molar-refractivity contribution >= 4 is 17.4 Å². The molecular weight excluding hydrogens is 315 g/mol. The van der Waals surface area contributed by atoms with Gasteiger partial charge in [-0.05, 0) is 37.5 Å². The largest absolute Gasteiger partial charge is 0.307 e. The minimum Gasteiger partial charge on any atom is -0.307 e. The minimum atomic E-state index is -0.536. The molecule has 1 aromatic heterocycles. The van der Waals surface area contributed by atoms with Gasteiger partial charge in [-0.2, -0.15) is 0 Å². The second-order valence-corrected chi connectivity index (χ2v) is 6.21. The van der Waals surface area contributed by atoms with Gasteiger partial charge in [0.15, 0.2) is 5.78 Å². The van der Waals surface area contributed by atoms with E-state index in [1.165, 1.54) is 6.20 Å². The average molecular weight is 333 g/mol. The molecule has 1 aliphatic carbocycles. The lowest BCUT2D eigenvalue weighted by atomic mass is 9.96. The number of ketones is 1. The Morgan fingerprint density at radius 2 is 2.22 bits per heavy atom. The van der Waals surface area contributed by atoms with Crippen LogP contribution in [0.4, 0.5) is 4.39 Å². The van der Waals surface area contributed by atoms with Gasteiger partial charge in [-0.3, -0.25) is 9.78 Å². The van der Waals surface area contributed by atoms with E-state index < -0.39 is 11.6 Å². The van der Waals surface area contributed by atoms with Crippen LogP contribution in [0.1, 0.15) is 53.7 Å². The molecule has 0 radical (unpaired) electrons. The second kappa shape index (κ2) is 6.77. The molecule has 1 saturated carbocycles. The summed E-state index contributed by atoms with van der Waals surface area (Å²) >= 11 is 6.11. The first-order valence-corrected chi connectivity index (χ1v) is 8.18. The van der Waals surface area contributed by atoms with Gasteiger partial charge in [-0.1, -0.05) is 24.6 Å². The van der Waals surface area contributed by atoms with Gasteiger partial charge < -0.3 is 5.32 Å². The Balaban J connectivity index is 1.99. The van der Waals surface area contributed by atoms with Crippen molar-refractivity contribution in [3.05, 3.63) is 64.2 Å². The molecule has 3 rings (SSSR count). The van der Waals surface area contributed by atoms with Crippen molar-refractivity contribution in [3.8, 4) is 0 Å². The highest BCUT2D eigenvalue weighted by Gasteiger charge is 2.28. The van der Waals surface area contributed by atoms with Crippen LogP contribution in [0.3, 0.4) is 0 Å². The van der Waals surface area contributed by atoms with Crippen molar-refractivity contribution in [1.82, 2.24) is 10.3 Å². The van der Waals surface area contributed by atoms with Crippen LogP contribution in [0.25, 0.3) is 0 Å². The fourth-order valence-electron chi connectivity index (χ4n) is 2.65. The molecule has 0 spiro atoms. The fraction of sp³-hybridized carbons (Fsp3) is 0.333. The first-order valence-electron chi connectivity index (χ1n) is 7.80. The number of carbonyl (C=O) groups is 1. The molecule has 1 N–H and O–H groups in total. The SMILES string of the molecule is CC[C@@H](NC1CC1)c1ccc(Cl)c(C(=O)c2cccnc2)c1F. The van der Waals surface area contributed by atoms with E-state index in [1.54, 1.807) is 30.5 Å². The van der Waals surface area contributed by atoms with E-state index in [2.05, 4.69) is 10.3 Å². The lowest BCUT2D eigenvalue weighted by Gasteiger charge is -2.19. The summed E-state index contributed by atoms with van der Waals surface area (Å²) in [6, 6.07) is 6.86. The molecule has 1 aromatic carbocycles. The van der Waals surface area contributed by atoms with Crippen molar-refractivity contribution in [2.45, 2.75) is 38.3 Å². The molecule has 120 valence electrons. The molecule has 0 bridgehead atoms. The summed E-state index contributed by atoms with van der Waals surface area (Å²) in [4.78, 5) is 16.5. The van der Waals surface area contributed by atoms with E-state index in [1.807, 2.05) is 6.92 Å². The molecule has 1 fully saturated rings. The minimum absolute atomic E-state index is 0.0757. The van der Waals surface area contributed by atoms with Crippen LogP contribution in [-0.4, -0.2) is 16.8 Å². The number of hydrogen-bond acceptors (Lipinski definition) is 3. The molecule has 1 atom stereocenters. The third kappa shape index (κ3) is 3.43. The topological polar surface area (TPSA) is 42.0 Å². The third-order valence-corrected chi connectivity index (χ3v) is 4.38. The molecule has 3 nitrogen and oxygen atoms in total. The maximum absolute atomic E-state index is 15.0. The van der Waals surface area contributed by atoms with Crippen LogP contribution < -0.4 is 5.32 Å². The Morgan fingerprint density at radius 3 is 2.83 bits per heavy atom. The monoisotopic (exact) mass is 332 g/mol. The van der Waals surface area contributed by atoms with Crippen LogP contribution in [0.15, 0.2) is 36.7 Å². The normalized spacial score (nSPS) is 15.4. The van der Waals surface area contributed by atoms with Crippen LogP contribution in [0.2, 0.25) is 5.02 Å². The van der Waals surface area contributed by atoms with Gasteiger partial charge in [0, 0.05) is 35.6 Å². The third-order valence-electron chi connectivity index (χ3n) is 4.07. The van der Waals surface area contributed by atoms with E-state index >= 15 is 4.39 Å². The summed E-state index contributed by atoms with van der Waals surface area (Å²) < 4.78 is 15.0. The van der Waals surface area contributed by atoms with Gasteiger partial charge >= 0.3 is 0 Å². The van der Waals surface area contributed by atoms with E-state index in [-0.39, 0.29) is 16.6 Å². The molecule has 0 unspecified atom stereocenters. The molecule has 1 aliphatic rings. The number of nitrogens with zero attached hydrogens (tertiary/aromatic N) is 1. The number of pyridine rings is 1. The maximum Gasteiger partial charge on any atom is 0.199 e. The summed E-state index contributed by atoms with van der Waals surface area (Å²) in [5.41, 5.74) is 0.748. The molecule has 1 heterocycles. The predicted molar refractivity (Wildman–Crippen MR) is 88.3 cm³/mol. The van der Waals surface area contributed by atoms with Crippen LogP contribution in [0, 0.1) is 5.82 Å². The number of hydrogen-bond donors (Lipinski definition) is 1. The van der Waals surface area contributed by atoms with E-state index in [0.29, 0.717) is 17.2 Å². The van der Waals surface area contributed by atoms with Crippen molar-refractivity contribution in [3.63, 3.8) is 0 Å². The lowest BCUT2D eigenvalue weighted by Crippen LogP contribution is -2.24. The number of halogens is 2. The highest BCUT2D eigenvalue weighted by Crippen LogP contribution is 2.32. The lowest BCUT2D eigenvalue weighted by molar-refractivity contribution is 0.103. The zero-order valence-electron chi connectivity index (χ0n) is 12.9. The van der Waals surface area contributed by atoms with Crippen LogP contribution >= 0.6 is 11.6 Å². The van der Waals surface area contributed by atoms with Gasteiger partial charge in [0.2, 0.25) is 0 Å². The summed E-state index contributed by atoms with van der Waals surface area (Å²) in [7, 11) is 0. The molecule has 0 saturated heterocycles. The smallest absolute Gasteiger partial charge is 0.199 e. The van der Waals surface area contributed by atoms with E-state index in [0.717, 1.165) is 19.3 Å². The van der Waals surface area contributed by atoms with Crippen molar-refractivity contribution in [1.29, 1.82) is 0 Å². The summed E-state index contributed by atoms with van der Waals surface area (Å²) in [6.45, 7) is 2.00. The summed E-state index contributed by atoms with van der Waals surface area (Å²) in [6.07, 6.45) is 5.97. The zero-order chi connectivity index (χ0) is 16.4. The summed E-state index contributed by atoms with van der Waals surface area (Å²) in [5, 5.41) is 3.54. The highest BCUT2D eigenvalue weighted by molar-refractivity contribution is 6.35. The van der Waals surface area contributed by atoms with Crippen LogP contribution in [-0.2, 0) is 0 Å². The quantitative estimate of drug-likeness (QED) is 0.801.